The summed E-state index contributed by atoms with van der Waals surface area (Å²) in [5.74, 6) is 0. The van der Waals surface area contributed by atoms with Crippen molar-refractivity contribution in [2.75, 3.05) is 5.73 Å². The molecule has 0 bridgehead atoms. The zero-order valence-electron chi connectivity index (χ0n) is 8.57. The van der Waals surface area contributed by atoms with Gasteiger partial charge in [0.2, 0.25) is 0 Å². The fourth-order valence-corrected chi connectivity index (χ4v) is 1.32. The number of benzene rings is 1. The highest BCUT2D eigenvalue weighted by atomic mass is 19.4. The van der Waals surface area contributed by atoms with Crippen LogP contribution in [0.15, 0.2) is 18.7 Å². The Morgan fingerprint density at radius 3 is 2.27 bits per heavy atom. The predicted molar refractivity (Wildman–Crippen MR) is 55.3 cm³/mol. The maximum absolute atomic E-state index is 12.5. The first-order chi connectivity index (χ1) is 6.73. The maximum atomic E-state index is 12.5. The van der Waals surface area contributed by atoms with Gasteiger partial charge in [0.1, 0.15) is 0 Å². The lowest BCUT2D eigenvalue weighted by molar-refractivity contribution is -0.137. The van der Waals surface area contributed by atoms with Crippen molar-refractivity contribution in [3.05, 3.63) is 35.4 Å². The molecule has 0 unspecified atom stereocenters. The van der Waals surface area contributed by atoms with Gasteiger partial charge in [-0.15, -0.1) is 0 Å². The van der Waals surface area contributed by atoms with Gasteiger partial charge in [-0.05, 0) is 37.1 Å². The average Bonchev–Trinajstić information content (AvgIpc) is 2.06. The molecule has 0 radical (unpaired) electrons. The number of hydrogen-bond acceptors (Lipinski definition) is 1. The molecule has 0 saturated heterocycles. The number of nitrogen functional groups attached to an aromatic ring is 1. The summed E-state index contributed by atoms with van der Waals surface area (Å²) in [6.07, 6.45) is -4.34. The zero-order chi connectivity index (χ0) is 11.8. The van der Waals surface area contributed by atoms with Crippen LogP contribution in [0.1, 0.15) is 23.6 Å². The van der Waals surface area contributed by atoms with E-state index in [2.05, 4.69) is 6.58 Å². The number of halogens is 3. The molecule has 1 nitrogen and oxygen atoms in total. The molecular formula is C11H12F3N. The normalized spacial score (nSPS) is 11.5. The van der Waals surface area contributed by atoms with Crippen molar-refractivity contribution >= 4 is 11.3 Å². The van der Waals surface area contributed by atoms with Crippen LogP contribution in [-0.4, -0.2) is 0 Å². The van der Waals surface area contributed by atoms with Crippen LogP contribution in [0.3, 0.4) is 0 Å². The third-order valence-electron chi connectivity index (χ3n) is 2.17. The lowest BCUT2D eigenvalue weighted by Gasteiger charge is -2.13. The van der Waals surface area contributed by atoms with Crippen LogP contribution >= 0.6 is 0 Å². The van der Waals surface area contributed by atoms with E-state index in [0.29, 0.717) is 22.4 Å². The van der Waals surface area contributed by atoms with Crippen LogP contribution < -0.4 is 5.73 Å². The number of allylic oxidation sites excluding steroid dienone is 1. The zero-order valence-corrected chi connectivity index (χ0v) is 8.57. The number of anilines is 1. The Morgan fingerprint density at radius 1 is 1.33 bits per heavy atom. The monoisotopic (exact) mass is 215 g/mol. The number of alkyl halides is 3. The first kappa shape index (κ1) is 11.6. The van der Waals surface area contributed by atoms with Crippen molar-refractivity contribution in [1.82, 2.24) is 0 Å². The summed E-state index contributed by atoms with van der Waals surface area (Å²) in [5.41, 5.74) is 6.65. The molecule has 0 aliphatic carbocycles. The first-order valence-corrected chi connectivity index (χ1v) is 4.36. The van der Waals surface area contributed by atoms with Gasteiger partial charge in [-0.3, -0.25) is 0 Å². The lowest BCUT2D eigenvalue weighted by atomic mass is 9.99. The van der Waals surface area contributed by atoms with E-state index in [9.17, 15) is 13.2 Å². The number of hydrogen-bond donors (Lipinski definition) is 1. The van der Waals surface area contributed by atoms with E-state index >= 15 is 0 Å². The van der Waals surface area contributed by atoms with Gasteiger partial charge >= 0.3 is 6.18 Å². The predicted octanol–water partition coefficient (Wildman–Crippen LogP) is 3.63. The molecule has 0 aromatic heterocycles. The maximum Gasteiger partial charge on any atom is 0.416 e. The molecule has 4 heteroatoms. The van der Waals surface area contributed by atoms with Gasteiger partial charge < -0.3 is 5.73 Å². The molecule has 0 amide bonds. The summed E-state index contributed by atoms with van der Waals surface area (Å²) >= 11 is 0. The summed E-state index contributed by atoms with van der Waals surface area (Å²) < 4.78 is 37.4. The Morgan fingerprint density at radius 2 is 1.87 bits per heavy atom. The van der Waals surface area contributed by atoms with Crippen LogP contribution in [0.2, 0.25) is 0 Å². The third-order valence-corrected chi connectivity index (χ3v) is 2.17. The van der Waals surface area contributed by atoms with Gasteiger partial charge in [0.15, 0.2) is 0 Å². The van der Waals surface area contributed by atoms with Crippen LogP contribution in [0.4, 0.5) is 18.9 Å². The van der Waals surface area contributed by atoms with Crippen molar-refractivity contribution < 1.29 is 13.2 Å². The SMILES string of the molecule is C=C(C)c1cc(C(F)(F)F)cc(C)c1N. The van der Waals surface area contributed by atoms with Crippen molar-refractivity contribution in [2.24, 2.45) is 0 Å². The molecule has 1 aromatic carbocycles. The Hall–Kier alpha value is -1.45. The highest BCUT2D eigenvalue weighted by Gasteiger charge is 2.31. The van der Waals surface area contributed by atoms with Gasteiger partial charge in [-0.2, -0.15) is 13.2 Å². The molecule has 0 aliphatic rings. The fraction of sp³-hybridized carbons (Fsp3) is 0.273. The quantitative estimate of drug-likeness (QED) is 0.711. The topological polar surface area (TPSA) is 26.0 Å². The Labute approximate surface area is 86.4 Å². The van der Waals surface area contributed by atoms with E-state index < -0.39 is 11.7 Å². The summed E-state index contributed by atoms with van der Waals surface area (Å²) in [7, 11) is 0. The molecule has 0 atom stereocenters. The minimum absolute atomic E-state index is 0.357. The highest BCUT2D eigenvalue weighted by Crippen LogP contribution is 2.34. The summed E-state index contributed by atoms with van der Waals surface area (Å²) in [6.45, 7) is 6.79. The minimum Gasteiger partial charge on any atom is -0.398 e. The standard InChI is InChI=1S/C11H12F3N/c1-6(2)9-5-8(11(12,13)14)4-7(3)10(9)15/h4-5H,1,15H2,2-3H3. The summed E-state index contributed by atoms with van der Waals surface area (Å²) in [6, 6.07) is 2.08. The molecule has 0 spiro atoms. The van der Waals surface area contributed by atoms with Crippen LogP contribution in [0.5, 0.6) is 0 Å². The summed E-state index contributed by atoms with van der Waals surface area (Å²) in [5, 5.41) is 0. The second-order valence-corrected chi connectivity index (χ2v) is 3.53. The molecule has 15 heavy (non-hydrogen) atoms. The van der Waals surface area contributed by atoms with Gasteiger partial charge in [0, 0.05) is 11.3 Å². The van der Waals surface area contributed by atoms with Crippen LogP contribution in [-0.2, 0) is 6.18 Å². The molecule has 2 N–H and O–H groups in total. The second kappa shape index (κ2) is 3.61. The lowest BCUT2D eigenvalue weighted by Crippen LogP contribution is -2.08. The molecule has 0 aliphatic heterocycles. The van der Waals surface area contributed by atoms with Gasteiger partial charge in [-0.25, -0.2) is 0 Å². The van der Waals surface area contributed by atoms with E-state index in [0.717, 1.165) is 12.1 Å². The molecule has 1 aromatic rings. The van der Waals surface area contributed by atoms with Gasteiger partial charge in [0.25, 0.3) is 0 Å². The second-order valence-electron chi connectivity index (χ2n) is 3.53. The van der Waals surface area contributed by atoms with E-state index in [1.807, 2.05) is 0 Å². The van der Waals surface area contributed by atoms with Crippen molar-refractivity contribution in [3.63, 3.8) is 0 Å². The largest absolute Gasteiger partial charge is 0.416 e. The Balaban J connectivity index is 3.43. The Bertz CT molecular complexity index is 405. The van der Waals surface area contributed by atoms with E-state index in [1.54, 1.807) is 13.8 Å². The van der Waals surface area contributed by atoms with E-state index in [1.165, 1.54) is 0 Å². The van der Waals surface area contributed by atoms with E-state index in [4.69, 9.17) is 5.73 Å². The fourth-order valence-electron chi connectivity index (χ4n) is 1.32. The molecule has 0 saturated carbocycles. The first-order valence-electron chi connectivity index (χ1n) is 4.36. The molecule has 1 rings (SSSR count). The molecule has 0 heterocycles. The average molecular weight is 215 g/mol. The van der Waals surface area contributed by atoms with Crippen LogP contribution in [0.25, 0.3) is 5.57 Å². The van der Waals surface area contributed by atoms with Crippen molar-refractivity contribution in [2.45, 2.75) is 20.0 Å². The molecule has 0 fully saturated rings. The highest BCUT2D eigenvalue weighted by molar-refractivity contribution is 5.75. The Kier molecular flexibility index (Phi) is 2.79. The summed E-state index contributed by atoms with van der Waals surface area (Å²) in [4.78, 5) is 0. The van der Waals surface area contributed by atoms with Gasteiger partial charge in [-0.1, -0.05) is 6.58 Å². The van der Waals surface area contributed by atoms with Crippen molar-refractivity contribution in [1.29, 1.82) is 0 Å². The van der Waals surface area contributed by atoms with Crippen LogP contribution in [0, 0.1) is 6.92 Å². The number of rotatable bonds is 1. The number of nitrogens with two attached hydrogens (primary N) is 1. The number of aryl methyl sites for hydroxylation is 1. The smallest absolute Gasteiger partial charge is 0.398 e. The molecule has 82 valence electrons. The van der Waals surface area contributed by atoms with Crippen molar-refractivity contribution in [3.8, 4) is 0 Å². The molecular weight excluding hydrogens is 203 g/mol. The van der Waals surface area contributed by atoms with E-state index in [-0.39, 0.29) is 0 Å². The third kappa shape index (κ3) is 2.32. The minimum atomic E-state index is -4.34. The van der Waals surface area contributed by atoms with Gasteiger partial charge in [0.05, 0.1) is 5.56 Å².